The molecule has 0 bridgehead atoms. The molecule has 0 saturated heterocycles. The Bertz CT molecular complexity index is 1250. The molecule has 3 rings (SSSR count). The van der Waals surface area contributed by atoms with Crippen molar-refractivity contribution in [2.45, 2.75) is 66.4 Å². The lowest BCUT2D eigenvalue weighted by molar-refractivity contribution is 0.0290. The second-order valence-corrected chi connectivity index (χ2v) is 10.9. The van der Waals surface area contributed by atoms with Crippen molar-refractivity contribution >= 4 is 28.8 Å². The van der Waals surface area contributed by atoms with E-state index in [1.807, 2.05) is 65.8 Å². The number of nitrogens with zero attached hydrogens (tertiary/aromatic N) is 2. The number of aromatic amines is 1. The van der Waals surface area contributed by atoms with Crippen LogP contribution in [0.2, 0.25) is 0 Å². The van der Waals surface area contributed by atoms with Crippen LogP contribution in [0.4, 0.5) is 4.79 Å². The number of aromatic nitrogens is 3. The Labute approximate surface area is 206 Å². The van der Waals surface area contributed by atoms with Crippen molar-refractivity contribution in [3.63, 3.8) is 0 Å². The Hall–Kier alpha value is -3.55. The largest absolute Gasteiger partial charge is 0.444 e. The molecule has 0 spiro atoms. The van der Waals surface area contributed by atoms with E-state index >= 15 is 0 Å². The van der Waals surface area contributed by atoms with E-state index in [-0.39, 0.29) is 11.7 Å². The zero-order chi connectivity index (χ0) is 26.0. The molecule has 0 aliphatic carbocycles. The predicted octanol–water partition coefficient (Wildman–Crippen LogP) is 5.71. The Morgan fingerprint density at radius 1 is 1.20 bits per heavy atom. The number of nitrogens with one attached hydrogen (secondary N) is 2. The van der Waals surface area contributed by atoms with Crippen molar-refractivity contribution < 1.29 is 14.3 Å². The first kappa shape index (κ1) is 26.1. The second-order valence-electron chi connectivity index (χ2n) is 10.9. The molecule has 8 nitrogen and oxygen atoms in total. The molecule has 35 heavy (non-hydrogen) atoms. The van der Waals surface area contributed by atoms with Crippen LogP contribution < -0.4 is 5.73 Å². The van der Waals surface area contributed by atoms with Gasteiger partial charge in [-0.25, -0.2) is 14.8 Å². The van der Waals surface area contributed by atoms with Crippen molar-refractivity contribution in [1.29, 1.82) is 5.41 Å². The van der Waals surface area contributed by atoms with Gasteiger partial charge in [-0.15, -0.1) is 0 Å². The minimum atomic E-state index is -0.787. The summed E-state index contributed by atoms with van der Waals surface area (Å²) in [4.78, 5) is 36.2. The van der Waals surface area contributed by atoms with E-state index in [1.165, 1.54) is 0 Å². The molecule has 0 aliphatic heterocycles. The molecular formula is C27H35N5O3. The van der Waals surface area contributed by atoms with Gasteiger partial charge in [-0.1, -0.05) is 45.9 Å². The molecule has 186 valence electrons. The van der Waals surface area contributed by atoms with Crippen molar-refractivity contribution in [2.75, 3.05) is 0 Å². The van der Waals surface area contributed by atoms with E-state index < -0.39 is 17.1 Å². The maximum Gasteiger partial charge on any atom is 0.405 e. The molecule has 0 radical (unpaired) electrons. The summed E-state index contributed by atoms with van der Waals surface area (Å²) in [5, 5.41) is 8.50. The number of hydrogen-bond acceptors (Lipinski definition) is 6. The number of rotatable bonds is 9. The fourth-order valence-electron chi connectivity index (χ4n) is 4.41. The first-order valence-corrected chi connectivity index (χ1v) is 11.8. The van der Waals surface area contributed by atoms with Crippen LogP contribution in [-0.4, -0.2) is 38.1 Å². The Kier molecular flexibility index (Phi) is 7.43. The van der Waals surface area contributed by atoms with Crippen LogP contribution in [0.25, 0.3) is 22.4 Å². The first-order chi connectivity index (χ1) is 16.2. The molecule has 2 aromatic heterocycles. The van der Waals surface area contributed by atoms with Gasteiger partial charge in [0.25, 0.3) is 0 Å². The fraction of sp³-hybridized carbons (Fsp3) is 0.444. The normalized spacial score (nSPS) is 13.0. The number of H-pyrrole nitrogens is 1. The summed E-state index contributed by atoms with van der Waals surface area (Å²) >= 11 is 0. The monoisotopic (exact) mass is 477 g/mol. The third-order valence-electron chi connectivity index (χ3n) is 5.76. The van der Waals surface area contributed by atoms with Gasteiger partial charge in [0, 0.05) is 29.3 Å². The molecular weight excluding hydrogens is 442 g/mol. The van der Waals surface area contributed by atoms with Gasteiger partial charge >= 0.3 is 6.09 Å². The molecule has 8 heteroatoms. The molecule has 1 atom stereocenters. The van der Waals surface area contributed by atoms with Crippen molar-refractivity contribution in [1.82, 2.24) is 15.0 Å². The van der Waals surface area contributed by atoms with Crippen molar-refractivity contribution in [2.24, 2.45) is 17.1 Å². The fourth-order valence-corrected chi connectivity index (χ4v) is 4.41. The highest BCUT2D eigenvalue weighted by atomic mass is 16.6. The van der Waals surface area contributed by atoms with Gasteiger partial charge in [0.15, 0.2) is 11.4 Å². The zero-order valence-electron chi connectivity index (χ0n) is 21.4. The number of carbonyl (C=O) groups excluding carboxylic acids is 2. The van der Waals surface area contributed by atoms with E-state index in [2.05, 4.69) is 9.97 Å². The third kappa shape index (κ3) is 6.74. The highest BCUT2D eigenvalue weighted by Gasteiger charge is 2.27. The van der Waals surface area contributed by atoms with Gasteiger partial charge in [0.2, 0.25) is 0 Å². The average Bonchev–Trinajstić information content (AvgIpc) is 3.13. The Morgan fingerprint density at radius 2 is 1.91 bits per heavy atom. The summed E-state index contributed by atoms with van der Waals surface area (Å²) in [5.74, 6) is 0.164. The molecule has 0 fully saturated rings. The van der Waals surface area contributed by atoms with Crippen molar-refractivity contribution in [3.8, 4) is 11.3 Å². The quantitative estimate of drug-likeness (QED) is 0.268. The van der Waals surface area contributed by atoms with Gasteiger partial charge in [0.05, 0.1) is 17.5 Å². The molecule has 3 aromatic rings. The number of ether oxygens (including phenoxy) is 1. The first-order valence-electron chi connectivity index (χ1n) is 11.8. The van der Waals surface area contributed by atoms with Crippen molar-refractivity contribution in [3.05, 3.63) is 47.8 Å². The number of ketones is 1. The van der Waals surface area contributed by atoms with E-state index in [0.29, 0.717) is 47.4 Å². The number of carbonyl (C=O) groups is 2. The van der Waals surface area contributed by atoms with Gasteiger partial charge in [-0.05, 0) is 44.2 Å². The molecule has 2 heterocycles. The number of primary amides is 1. The minimum absolute atomic E-state index is 0.0101. The van der Waals surface area contributed by atoms with Crippen LogP contribution in [0, 0.1) is 16.7 Å². The molecule has 1 amide bonds. The van der Waals surface area contributed by atoms with Crippen LogP contribution in [0.5, 0.6) is 0 Å². The predicted molar refractivity (Wildman–Crippen MR) is 138 cm³/mol. The second kappa shape index (κ2) is 9.98. The number of benzene rings is 1. The molecule has 0 saturated carbocycles. The highest BCUT2D eigenvalue weighted by Crippen LogP contribution is 2.28. The lowest BCUT2D eigenvalue weighted by Gasteiger charge is -2.27. The standard InChI is InChI=1S/C27H35N5O3/c1-16(13-27(5,6)35-25(29)34)10-19(28)12-17-8-7-9-18(11-17)21-15-31-24-22(32-21)20(14-30-24)23(33)26(2,3)4/h7-9,11,14-16,28H,10,12-13H2,1-6H3,(H2,29,34)(H,30,31). The summed E-state index contributed by atoms with van der Waals surface area (Å²) in [6, 6.07) is 7.88. The summed E-state index contributed by atoms with van der Waals surface area (Å²) in [7, 11) is 0. The zero-order valence-corrected chi connectivity index (χ0v) is 21.4. The molecule has 1 unspecified atom stereocenters. The molecule has 4 N–H and O–H groups in total. The maximum absolute atomic E-state index is 12.8. The molecule has 0 aliphatic rings. The minimum Gasteiger partial charge on any atom is -0.444 e. The average molecular weight is 478 g/mol. The topological polar surface area (TPSA) is 135 Å². The number of hydrogen-bond donors (Lipinski definition) is 3. The SMILES string of the molecule is CC(CC(=N)Cc1cccc(-c2cnc3[nH]cc(C(=O)C(C)(C)C)c3n2)c1)CC(C)(C)OC(N)=O. The van der Waals surface area contributed by atoms with Gasteiger partial charge in [-0.3, -0.25) is 4.79 Å². The van der Waals surface area contributed by atoms with Crippen LogP contribution in [0.1, 0.15) is 70.3 Å². The summed E-state index contributed by atoms with van der Waals surface area (Å²) in [6.45, 7) is 11.3. The number of nitrogens with two attached hydrogens (primary N) is 1. The Morgan fingerprint density at radius 3 is 2.57 bits per heavy atom. The summed E-state index contributed by atoms with van der Waals surface area (Å²) in [5.41, 5.74) is 8.78. The van der Waals surface area contributed by atoms with Gasteiger partial charge in [-0.2, -0.15) is 0 Å². The van der Waals surface area contributed by atoms with E-state index in [4.69, 9.17) is 20.9 Å². The lowest BCUT2D eigenvalue weighted by atomic mass is 9.87. The van der Waals surface area contributed by atoms with Crippen LogP contribution in [0.3, 0.4) is 0 Å². The van der Waals surface area contributed by atoms with E-state index in [0.717, 1.165) is 11.1 Å². The van der Waals surface area contributed by atoms with E-state index in [9.17, 15) is 9.59 Å². The number of amides is 1. The Balaban J connectivity index is 1.75. The molecule has 1 aromatic carbocycles. The van der Waals surface area contributed by atoms with Crippen LogP contribution >= 0.6 is 0 Å². The lowest BCUT2D eigenvalue weighted by Crippen LogP contribution is -2.33. The smallest absolute Gasteiger partial charge is 0.405 e. The van der Waals surface area contributed by atoms with Gasteiger partial charge in [0.1, 0.15) is 11.1 Å². The third-order valence-corrected chi connectivity index (χ3v) is 5.76. The van der Waals surface area contributed by atoms with Crippen LogP contribution in [-0.2, 0) is 11.2 Å². The van der Waals surface area contributed by atoms with Gasteiger partial charge < -0.3 is 20.9 Å². The number of fused-ring (bicyclic) bond motifs is 1. The number of Topliss-reactive ketones (excluding diaryl/α,β-unsaturated/α-hetero) is 1. The summed E-state index contributed by atoms with van der Waals surface area (Å²) in [6.07, 6.45) is 4.28. The maximum atomic E-state index is 12.8. The van der Waals surface area contributed by atoms with E-state index in [1.54, 1.807) is 12.4 Å². The van der Waals surface area contributed by atoms with Crippen LogP contribution in [0.15, 0.2) is 36.7 Å². The summed E-state index contributed by atoms with van der Waals surface area (Å²) < 4.78 is 5.17. The highest BCUT2D eigenvalue weighted by molar-refractivity contribution is 6.08.